The average molecular weight is 446 g/mol. The summed E-state index contributed by atoms with van der Waals surface area (Å²) in [6.45, 7) is 0.342. The topological polar surface area (TPSA) is 88.2 Å². The average Bonchev–Trinajstić information content (AvgIpc) is 2.68. The summed E-state index contributed by atoms with van der Waals surface area (Å²) >= 11 is 3.27. The molecule has 3 aromatic rings. The van der Waals surface area contributed by atoms with Gasteiger partial charge in [-0.1, -0.05) is 28.1 Å². The van der Waals surface area contributed by atoms with E-state index >= 15 is 0 Å². The molecule has 2 amide bonds. The molecule has 0 atom stereocenters. The Morgan fingerprint density at radius 3 is 2.44 bits per heavy atom. The van der Waals surface area contributed by atoms with Gasteiger partial charge in [0.25, 0.3) is 0 Å². The molecule has 1 heterocycles. The minimum atomic E-state index is -3.62. The van der Waals surface area contributed by atoms with Crippen LogP contribution in [-0.2, 0) is 16.4 Å². The van der Waals surface area contributed by atoms with Gasteiger partial charge in [0.1, 0.15) is 0 Å². The largest absolute Gasteiger partial charge is 0.334 e. The number of hydrogen-bond acceptors (Lipinski definition) is 4. The first-order chi connectivity index (χ1) is 12.9. The third-order valence-corrected chi connectivity index (χ3v) is 5.97. The highest BCUT2D eigenvalue weighted by molar-refractivity contribution is 9.10. The van der Waals surface area contributed by atoms with Crippen LogP contribution in [0.5, 0.6) is 0 Å². The number of sulfone groups is 1. The number of pyridine rings is 1. The van der Waals surface area contributed by atoms with Crippen LogP contribution in [0.3, 0.4) is 0 Å². The fourth-order valence-electron chi connectivity index (χ4n) is 2.35. The van der Waals surface area contributed by atoms with Crippen molar-refractivity contribution in [3.63, 3.8) is 0 Å². The Hall–Kier alpha value is -2.71. The van der Waals surface area contributed by atoms with Crippen molar-refractivity contribution in [1.82, 2.24) is 10.3 Å². The van der Waals surface area contributed by atoms with Crippen LogP contribution in [-0.4, -0.2) is 19.4 Å². The second-order valence-corrected chi connectivity index (χ2v) is 8.52. The van der Waals surface area contributed by atoms with Crippen LogP contribution in [0, 0.1) is 0 Å². The van der Waals surface area contributed by atoms with Crippen molar-refractivity contribution in [3.05, 3.63) is 83.1 Å². The van der Waals surface area contributed by atoms with E-state index in [1.54, 1.807) is 48.8 Å². The molecule has 1 aromatic heterocycles. The lowest BCUT2D eigenvalue weighted by Gasteiger charge is -2.09. The number of halogens is 1. The summed E-state index contributed by atoms with van der Waals surface area (Å²) in [5, 5.41) is 5.38. The van der Waals surface area contributed by atoms with Gasteiger partial charge in [-0.05, 0) is 54.1 Å². The third-order valence-electron chi connectivity index (χ3n) is 3.70. The molecule has 0 bridgehead atoms. The Balaban J connectivity index is 1.65. The lowest BCUT2D eigenvalue weighted by Crippen LogP contribution is -2.28. The van der Waals surface area contributed by atoms with Gasteiger partial charge in [-0.15, -0.1) is 0 Å². The van der Waals surface area contributed by atoms with Crippen molar-refractivity contribution in [1.29, 1.82) is 0 Å². The van der Waals surface area contributed by atoms with E-state index in [2.05, 4.69) is 31.5 Å². The number of nitrogens with zero attached hydrogens (tertiary/aromatic N) is 1. The molecule has 2 aromatic carbocycles. The van der Waals surface area contributed by atoms with Gasteiger partial charge in [-0.3, -0.25) is 4.98 Å². The van der Waals surface area contributed by atoms with Crippen molar-refractivity contribution < 1.29 is 13.2 Å². The van der Waals surface area contributed by atoms with Crippen LogP contribution in [0.4, 0.5) is 10.5 Å². The molecule has 0 aliphatic rings. The SMILES string of the molecule is O=C(NCc1cccnc1)Nc1ccc(S(=O)(=O)c2cccc(Br)c2)cc1. The quantitative estimate of drug-likeness (QED) is 0.620. The maximum Gasteiger partial charge on any atom is 0.319 e. The molecule has 0 aliphatic heterocycles. The van der Waals surface area contributed by atoms with E-state index in [9.17, 15) is 13.2 Å². The van der Waals surface area contributed by atoms with Gasteiger partial charge in [-0.2, -0.15) is 0 Å². The molecule has 138 valence electrons. The van der Waals surface area contributed by atoms with E-state index in [1.165, 1.54) is 18.2 Å². The molecular formula is C19H16BrN3O3S. The third kappa shape index (κ3) is 4.93. The summed E-state index contributed by atoms with van der Waals surface area (Å²) in [5.41, 5.74) is 1.37. The second-order valence-electron chi connectivity index (χ2n) is 5.65. The number of hydrogen-bond donors (Lipinski definition) is 2. The number of amides is 2. The lowest BCUT2D eigenvalue weighted by molar-refractivity contribution is 0.251. The minimum absolute atomic E-state index is 0.155. The number of benzene rings is 2. The molecule has 0 saturated heterocycles. The molecule has 3 rings (SSSR count). The van der Waals surface area contributed by atoms with Crippen LogP contribution in [0.25, 0.3) is 0 Å². The first-order valence-electron chi connectivity index (χ1n) is 7.99. The van der Waals surface area contributed by atoms with Crippen molar-refractivity contribution in [2.24, 2.45) is 0 Å². The molecule has 6 nitrogen and oxygen atoms in total. The first-order valence-corrected chi connectivity index (χ1v) is 10.3. The maximum atomic E-state index is 12.7. The van der Waals surface area contributed by atoms with Gasteiger partial charge < -0.3 is 10.6 Å². The summed E-state index contributed by atoms with van der Waals surface area (Å²) in [7, 11) is -3.62. The molecule has 8 heteroatoms. The minimum Gasteiger partial charge on any atom is -0.334 e. The van der Waals surface area contributed by atoms with Crippen molar-refractivity contribution in [2.75, 3.05) is 5.32 Å². The molecule has 0 spiro atoms. The Bertz CT molecular complexity index is 1040. The Labute approximate surface area is 165 Å². The molecule has 27 heavy (non-hydrogen) atoms. The van der Waals surface area contributed by atoms with E-state index in [-0.39, 0.29) is 15.8 Å². The van der Waals surface area contributed by atoms with Crippen molar-refractivity contribution in [3.8, 4) is 0 Å². The Morgan fingerprint density at radius 2 is 1.78 bits per heavy atom. The molecule has 0 aliphatic carbocycles. The fourth-order valence-corrected chi connectivity index (χ4v) is 4.21. The Morgan fingerprint density at radius 1 is 1.00 bits per heavy atom. The molecule has 2 N–H and O–H groups in total. The van der Waals surface area contributed by atoms with E-state index in [4.69, 9.17) is 0 Å². The van der Waals surface area contributed by atoms with Crippen molar-refractivity contribution >= 4 is 37.5 Å². The first kappa shape index (κ1) is 19.1. The van der Waals surface area contributed by atoms with Crippen LogP contribution < -0.4 is 10.6 Å². The molecule has 0 saturated carbocycles. The number of anilines is 1. The summed E-state index contributed by atoms with van der Waals surface area (Å²) < 4.78 is 26.0. The number of carbonyl (C=O) groups is 1. The Kier molecular flexibility index (Phi) is 5.88. The zero-order valence-electron chi connectivity index (χ0n) is 14.1. The zero-order chi connectivity index (χ0) is 19.3. The molecule has 0 fully saturated rings. The van der Waals surface area contributed by atoms with Gasteiger partial charge in [0.2, 0.25) is 9.84 Å². The van der Waals surface area contributed by atoms with Crippen LogP contribution >= 0.6 is 15.9 Å². The van der Waals surface area contributed by atoms with Crippen LogP contribution in [0.2, 0.25) is 0 Å². The molecular weight excluding hydrogens is 430 g/mol. The highest BCUT2D eigenvalue weighted by Gasteiger charge is 2.17. The van der Waals surface area contributed by atoms with Gasteiger partial charge >= 0.3 is 6.03 Å². The summed E-state index contributed by atoms with van der Waals surface area (Å²) in [6.07, 6.45) is 3.33. The number of carbonyl (C=O) groups excluding carboxylic acids is 1. The van der Waals surface area contributed by atoms with Gasteiger partial charge in [-0.25, -0.2) is 13.2 Å². The summed E-state index contributed by atoms with van der Waals surface area (Å²) in [5.74, 6) is 0. The molecule has 0 radical (unpaired) electrons. The highest BCUT2D eigenvalue weighted by atomic mass is 79.9. The number of urea groups is 1. The van der Waals surface area contributed by atoms with Crippen molar-refractivity contribution in [2.45, 2.75) is 16.3 Å². The maximum absolute atomic E-state index is 12.7. The van der Waals surface area contributed by atoms with Crippen LogP contribution in [0.1, 0.15) is 5.56 Å². The fraction of sp³-hybridized carbons (Fsp3) is 0.0526. The highest BCUT2D eigenvalue weighted by Crippen LogP contribution is 2.24. The monoisotopic (exact) mass is 445 g/mol. The lowest BCUT2D eigenvalue weighted by atomic mass is 10.3. The smallest absolute Gasteiger partial charge is 0.319 e. The van der Waals surface area contributed by atoms with Gasteiger partial charge in [0, 0.05) is 29.1 Å². The standard InChI is InChI=1S/C19H16BrN3O3S/c20-15-4-1-5-18(11-15)27(25,26)17-8-6-16(7-9-17)23-19(24)22-13-14-3-2-10-21-12-14/h1-12H,13H2,(H2,22,23,24). The molecule has 0 unspecified atom stereocenters. The predicted molar refractivity (Wildman–Crippen MR) is 106 cm³/mol. The van der Waals surface area contributed by atoms with Gasteiger partial charge in [0.15, 0.2) is 0 Å². The van der Waals surface area contributed by atoms with E-state index in [1.807, 2.05) is 6.07 Å². The number of rotatable bonds is 5. The van der Waals surface area contributed by atoms with E-state index in [0.717, 1.165) is 5.56 Å². The summed E-state index contributed by atoms with van der Waals surface area (Å²) in [4.78, 5) is 16.3. The van der Waals surface area contributed by atoms with Crippen LogP contribution in [0.15, 0.2) is 87.3 Å². The van der Waals surface area contributed by atoms with E-state index < -0.39 is 9.84 Å². The number of nitrogens with one attached hydrogen (secondary N) is 2. The van der Waals surface area contributed by atoms with E-state index in [0.29, 0.717) is 16.7 Å². The summed E-state index contributed by atoms with van der Waals surface area (Å²) in [6, 6.07) is 15.8. The number of aromatic nitrogens is 1. The zero-order valence-corrected chi connectivity index (χ0v) is 16.5. The van der Waals surface area contributed by atoms with Gasteiger partial charge in [0.05, 0.1) is 9.79 Å². The second kappa shape index (κ2) is 8.32. The normalized spacial score (nSPS) is 11.0. The predicted octanol–water partition coefficient (Wildman–Crippen LogP) is 4.00.